The number of aliphatic carboxylic acids is 1. The van der Waals surface area contributed by atoms with Gasteiger partial charge in [-0.05, 0) is 67.1 Å². The fourth-order valence-electron chi connectivity index (χ4n) is 4.31. The molecule has 4 aromatic carbocycles. The minimum atomic E-state index is -1.14. The van der Waals surface area contributed by atoms with Gasteiger partial charge in [-0.2, -0.15) is 0 Å². The fourth-order valence-corrected chi connectivity index (χ4v) is 4.31. The molecule has 4 aromatic rings. The molecule has 0 amide bonds. The number of carboxylic acids is 1. The first-order chi connectivity index (χ1) is 21.4. The van der Waals surface area contributed by atoms with Crippen LogP contribution in [0.3, 0.4) is 0 Å². The topological polar surface area (TPSA) is 85.0 Å². The maximum absolute atomic E-state index is 14.4. The van der Waals surface area contributed by atoms with Gasteiger partial charge in [-0.15, -0.1) is 0 Å². The van der Waals surface area contributed by atoms with E-state index < -0.39 is 23.6 Å². The molecule has 0 fully saturated rings. The van der Waals surface area contributed by atoms with Crippen molar-refractivity contribution in [3.63, 3.8) is 0 Å². The Balaban J connectivity index is 1.52. The molecule has 0 spiro atoms. The van der Waals surface area contributed by atoms with Crippen molar-refractivity contribution in [1.82, 2.24) is 4.90 Å². The summed E-state index contributed by atoms with van der Waals surface area (Å²) in [5.41, 5.74) is 8.51. The second kappa shape index (κ2) is 16.5. The van der Waals surface area contributed by atoms with Gasteiger partial charge in [-0.1, -0.05) is 60.1 Å². The van der Waals surface area contributed by atoms with Crippen LogP contribution < -0.4 is 15.2 Å². The largest absolute Gasteiger partial charge is 0.481 e. The molecule has 224 valence electrons. The maximum atomic E-state index is 14.4. The number of hydrogen-bond donors (Lipinski definition) is 2. The van der Waals surface area contributed by atoms with Gasteiger partial charge in [0, 0.05) is 41.9 Å². The third-order valence-corrected chi connectivity index (χ3v) is 6.52. The van der Waals surface area contributed by atoms with Crippen LogP contribution in [0.15, 0.2) is 97.1 Å². The van der Waals surface area contributed by atoms with E-state index in [9.17, 15) is 18.7 Å². The zero-order valence-electron chi connectivity index (χ0n) is 24.0. The Morgan fingerprint density at radius 1 is 0.750 bits per heavy atom. The normalized spacial score (nSPS) is 11.1. The average molecular weight is 595 g/mol. The molecule has 0 aromatic heterocycles. The standard InChI is InChI=1S/C36H32F2N2O4/c37-31-15-17-34(43-21-7-13-27-9-3-1-4-10-27)29(23-31)25-40(20-19-33(39)36(41)42)26-30-24-32(38)16-18-35(30)44-22-8-14-28-11-5-2-6-12-28/h1-6,9-12,15-18,23-24,33H,19-22,25-26,39H2,(H,41,42)/t33-/m0/s1. The summed E-state index contributed by atoms with van der Waals surface area (Å²) in [4.78, 5) is 13.3. The molecule has 0 saturated carbocycles. The number of nitrogens with zero attached hydrogens (tertiary/aromatic N) is 1. The van der Waals surface area contributed by atoms with Gasteiger partial charge in [0.05, 0.1) is 0 Å². The van der Waals surface area contributed by atoms with Gasteiger partial charge in [0.25, 0.3) is 0 Å². The van der Waals surface area contributed by atoms with Gasteiger partial charge in [-0.3, -0.25) is 9.69 Å². The van der Waals surface area contributed by atoms with Crippen molar-refractivity contribution < 1.29 is 28.2 Å². The Bertz CT molecular complexity index is 1550. The van der Waals surface area contributed by atoms with Crippen molar-refractivity contribution in [2.75, 3.05) is 19.8 Å². The second-order valence-electron chi connectivity index (χ2n) is 9.86. The molecule has 0 aliphatic carbocycles. The van der Waals surface area contributed by atoms with Crippen molar-refractivity contribution in [3.8, 4) is 35.2 Å². The number of benzene rings is 4. The highest BCUT2D eigenvalue weighted by Crippen LogP contribution is 2.26. The van der Waals surface area contributed by atoms with E-state index in [1.54, 1.807) is 0 Å². The summed E-state index contributed by atoms with van der Waals surface area (Å²) in [7, 11) is 0. The van der Waals surface area contributed by atoms with Crippen LogP contribution in [0.1, 0.15) is 28.7 Å². The number of carboxylic acid groups (broad SMARTS) is 1. The number of nitrogens with two attached hydrogens (primary N) is 1. The molecule has 8 heteroatoms. The number of hydrogen-bond acceptors (Lipinski definition) is 5. The molecule has 0 unspecified atom stereocenters. The number of carbonyl (C=O) groups is 1. The van der Waals surface area contributed by atoms with E-state index in [1.807, 2.05) is 65.6 Å². The minimum Gasteiger partial charge on any atom is -0.481 e. The first-order valence-corrected chi connectivity index (χ1v) is 14.0. The molecular formula is C36H32F2N2O4. The molecular weight excluding hydrogens is 562 g/mol. The maximum Gasteiger partial charge on any atom is 0.320 e. The monoisotopic (exact) mass is 594 g/mol. The summed E-state index contributed by atoms with van der Waals surface area (Å²) >= 11 is 0. The van der Waals surface area contributed by atoms with Crippen molar-refractivity contribution in [2.24, 2.45) is 5.73 Å². The van der Waals surface area contributed by atoms with Crippen molar-refractivity contribution in [3.05, 3.63) is 131 Å². The summed E-state index contributed by atoms with van der Waals surface area (Å²) in [5.74, 6) is 10.7. The molecule has 0 aliphatic heterocycles. The molecule has 4 rings (SSSR count). The third-order valence-electron chi connectivity index (χ3n) is 6.52. The van der Waals surface area contributed by atoms with E-state index in [2.05, 4.69) is 23.7 Å². The summed E-state index contributed by atoms with van der Waals surface area (Å²) in [5, 5.41) is 9.33. The highest BCUT2D eigenvalue weighted by molar-refractivity contribution is 5.73. The summed E-state index contributed by atoms with van der Waals surface area (Å²) < 4.78 is 40.5. The van der Waals surface area contributed by atoms with E-state index in [1.165, 1.54) is 36.4 Å². The smallest absolute Gasteiger partial charge is 0.320 e. The summed E-state index contributed by atoms with van der Waals surface area (Å²) in [6.45, 7) is 0.693. The van der Waals surface area contributed by atoms with Crippen LogP contribution >= 0.6 is 0 Å². The first kappa shape index (κ1) is 31.8. The van der Waals surface area contributed by atoms with Crippen molar-refractivity contribution in [1.29, 1.82) is 0 Å². The molecule has 0 aliphatic rings. The highest BCUT2D eigenvalue weighted by atomic mass is 19.1. The van der Waals surface area contributed by atoms with Crippen LogP contribution in [0.5, 0.6) is 11.5 Å². The summed E-state index contributed by atoms with van der Waals surface area (Å²) in [6.07, 6.45) is 0.109. The number of rotatable bonds is 12. The predicted octanol–water partition coefficient (Wildman–Crippen LogP) is 5.63. The molecule has 0 heterocycles. The SMILES string of the molecule is N[C@@H](CCN(Cc1cc(F)ccc1OCC#Cc1ccccc1)Cc1cc(F)ccc1OCC#Cc1ccccc1)C(=O)O. The Hall–Kier alpha value is -5.15. The summed E-state index contributed by atoms with van der Waals surface area (Å²) in [6, 6.07) is 26.1. The van der Waals surface area contributed by atoms with Gasteiger partial charge in [-0.25, -0.2) is 8.78 Å². The van der Waals surface area contributed by atoms with E-state index in [4.69, 9.17) is 15.2 Å². The molecule has 6 nitrogen and oxygen atoms in total. The average Bonchev–Trinajstić information content (AvgIpc) is 3.02. The Kier molecular flexibility index (Phi) is 11.9. The van der Waals surface area contributed by atoms with Crippen LogP contribution in [-0.4, -0.2) is 41.8 Å². The predicted molar refractivity (Wildman–Crippen MR) is 165 cm³/mol. The highest BCUT2D eigenvalue weighted by Gasteiger charge is 2.18. The van der Waals surface area contributed by atoms with E-state index in [0.717, 1.165) is 11.1 Å². The Labute approximate surface area is 256 Å². The van der Waals surface area contributed by atoms with Gasteiger partial charge < -0.3 is 20.3 Å². The van der Waals surface area contributed by atoms with Crippen LogP contribution in [0.2, 0.25) is 0 Å². The van der Waals surface area contributed by atoms with E-state index in [-0.39, 0.29) is 39.3 Å². The molecule has 44 heavy (non-hydrogen) atoms. The van der Waals surface area contributed by atoms with E-state index in [0.29, 0.717) is 22.6 Å². The van der Waals surface area contributed by atoms with Crippen LogP contribution in [-0.2, 0) is 17.9 Å². The van der Waals surface area contributed by atoms with Crippen molar-refractivity contribution in [2.45, 2.75) is 25.6 Å². The molecule has 1 atom stereocenters. The quantitative estimate of drug-likeness (QED) is 0.207. The third kappa shape index (κ3) is 10.3. The van der Waals surface area contributed by atoms with Gasteiger partial charge in [0.1, 0.15) is 42.4 Å². The Morgan fingerprint density at radius 2 is 1.20 bits per heavy atom. The minimum absolute atomic E-state index is 0.0727. The zero-order valence-corrected chi connectivity index (χ0v) is 24.0. The lowest BCUT2D eigenvalue weighted by atomic mass is 10.1. The molecule has 0 bridgehead atoms. The molecule has 0 radical (unpaired) electrons. The zero-order chi connectivity index (χ0) is 31.1. The Morgan fingerprint density at radius 3 is 1.64 bits per heavy atom. The van der Waals surface area contributed by atoms with Crippen LogP contribution in [0, 0.1) is 35.3 Å². The second-order valence-corrected chi connectivity index (χ2v) is 9.86. The number of ether oxygens (including phenoxy) is 2. The lowest BCUT2D eigenvalue weighted by Crippen LogP contribution is -2.35. The lowest BCUT2D eigenvalue weighted by molar-refractivity contribution is -0.138. The number of halogens is 2. The lowest BCUT2D eigenvalue weighted by Gasteiger charge is -2.25. The van der Waals surface area contributed by atoms with Crippen LogP contribution in [0.4, 0.5) is 8.78 Å². The van der Waals surface area contributed by atoms with Gasteiger partial charge >= 0.3 is 5.97 Å². The molecule has 3 N–H and O–H groups in total. The van der Waals surface area contributed by atoms with Crippen molar-refractivity contribution >= 4 is 5.97 Å². The van der Waals surface area contributed by atoms with Crippen LogP contribution in [0.25, 0.3) is 0 Å². The fraction of sp³-hybridized carbons (Fsp3) is 0.194. The van der Waals surface area contributed by atoms with Gasteiger partial charge in [0.2, 0.25) is 0 Å². The van der Waals surface area contributed by atoms with Gasteiger partial charge in [0.15, 0.2) is 0 Å². The van der Waals surface area contributed by atoms with E-state index >= 15 is 0 Å². The molecule has 0 saturated heterocycles. The first-order valence-electron chi connectivity index (χ1n) is 14.0.